The van der Waals surface area contributed by atoms with Crippen LogP contribution in [0.1, 0.15) is 0 Å². The Bertz CT molecular complexity index is 767. The fraction of sp³-hybridized carbons (Fsp3) is 0.118. The number of nitrogens with zero attached hydrogens (tertiary/aromatic N) is 2. The van der Waals surface area contributed by atoms with E-state index in [1.54, 1.807) is 62.8 Å². The lowest BCUT2D eigenvalue weighted by Crippen LogP contribution is -2.38. The first kappa shape index (κ1) is 20.2. The number of nitrogens with one attached hydrogen (secondary N) is 2. The van der Waals surface area contributed by atoms with Crippen molar-refractivity contribution >= 4 is 29.4 Å². The Morgan fingerprint density at radius 3 is 1.43 bits per heavy atom. The van der Waals surface area contributed by atoms with Gasteiger partial charge in [0, 0.05) is 0 Å². The summed E-state index contributed by atoms with van der Waals surface area (Å²) in [6, 6.07) is 13.5. The molecule has 0 bridgehead atoms. The highest BCUT2D eigenvalue weighted by Gasteiger charge is 2.07. The van der Waals surface area contributed by atoms with Crippen LogP contribution in [0.25, 0.3) is 0 Å². The molecule has 0 fully saturated rings. The molecule has 0 amide bonds. The van der Waals surface area contributed by atoms with Gasteiger partial charge in [0.25, 0.3) is 0 Å². The summed E-state index contributed by atoms with van der Waals surface area (Å²) in [4.78, 5) is 28.6. The predicted molar refractivity (Wildman–Crippen MR) is 102 cm³/mol. The van der Waals surface area contributed by atoms with Crippen LogP contribution in [0, 0.1) is 0 Å². The van der Waals surface area contributed by atoms with Crippen molar-refractivity contribution in [3.8, 4) is 11.5 Å². The number of methoxy groups -OCH3 is 2. The average molecular weight is 388 g/mol. The molecule has 2 rings (SSSR count). The Balaban J connectivity index is 1.77. The number of benzene rings is 2. The van der Waals surface area contributed by atoms with E-state index in [4.69, 9.17) is 20.9 Å². The van der Waals surface area contributed by atoms with Gasteiger partial charge in [-0.25, -0.2) is 9.98 Å². The van der Waals surface area contributed by atoms with Gasteiger partial charge < -0.3 is 30.6 Å². The lowest BCUT2D eigenvalue weighted by molar-refractivity contribution is 0.0179. The Morgan fingerprint density at radius 2 is 1.11 bits per heavy atom. The van der Waals surface area contributed by atoms with Crippen molar-refractivity contribution in [2.24, 2.45) is 21.5 Å². The van der Waals surface area contributed by atoms with Crippen molar-refractivity contribution in [1.82, 2.24) is 11.0 Å². The first-order valence-electron chi connectivity index (χ1n) is 7.86. The topological polar surface area (TPSA) is 155 Å². The molecule has 6 N–H and O–H groups in total. The van der Waals surface area contributed by atoms with Crippen molar-refractivity contribution in [3.05, 3.63) is 48.5 Å². The minimum absolute atomic E-state index is 0.165. The molecule has 0 atom stereocenters. The van der Waals surface area contributed by atoms with E-state index in [0.29, 0.717) is 22.9 Å². The Hall–Kier alpha value is -4.15. The zero-order valence-corrected chi connectivity index (χ0v) is 15.2. The van der Waals surface area contributed by atoms with E-state index in [9.17, 15) is 4.79 Å². The number of carbonyl (C=O) groups excluding carboxylic acids is 1. The Kier molecular flexibility index (Phi) is 7.28. The molecule has 11 nitrogen and oxygen atoms in total. The van der Waals surface area contributed by atoms with E-state index < -0.39 is 6.16 Å². The number of hydrogen-bond donors (Lipinski definition) is 4. The van der Waals surface area contributed by atoms with Crippen molar-refractivity contribution < 1.29 is 23.9 Å². The van der Waals surface area contributed by atoms with Crippen molar-refractivity contribution in [3.63, 3.8) is 0 Å². The van der Waals surface area contributed by atoms with Gasteiger partial charge in [0.2, 0.25) is 11.9 Å². The molecule has 11 heteroatoms. The molecule has 0 aliphatic heterocycles. The Morgan fingerprint density at radius 1 is 0.750 bits per heavy atom. The van der Waals surface area contributed by atoms with Crippen LogP contribution in [0.3, 0.4) is 0 Å². The first-order valence-corrected chi connectivity index (χ1v) is 7.86. The summed E-state index contributed by atoms with van der Waals surface area (Å²) in [7, 11) is 3.10. The minimum Gasteiger partial charge on any atom is -0.497 e. The van der Waals surface area contributed by atoms with Gasteiger partial charge >= 0.3 is 6.16 Å². The van der Waals surface area contributed by atoms with Crippen molar-refractivity contribution in [2.45, 2.75) is 0 Å². The van der Waals surface area contributed by atoms with E-state index in [2.05, 4.69) is 30.6 Å². The second kappa shape index (κ2) is 10.1. The Labute approximate surface area is 160 Å². The summed E-state index contributed by atoms with van der Waals surface area (Å²) >= 11 is 0. The van der Waals surface area contributed by atoms with Crippen LogP contribution >= 0.6 is 0 Å². The standard InChI is InChI=1S/C17H20N6O5/c1-25-13-7-3-11(4-8-13)20-15(18)22-27-17(24)28-23-16(19)21-12-5-9-14(26-2)10-6-12/h3-10H,1-2H3,(H3,18,20,22)(H3,19,21,23). The second-order valence-corrected chi connectivity index (χ2v) is 5.05. The zero-order chi connectivity index (χ0) is 20.4. The summed E-state index contributed by atoms with van der Waals surface area (Å²) in [5.74, 6) is 1.01. The van der Waals surface area contributed by atoms with Crippen LogP contribution in [-0.4, -0.2) is 32.3 Å². The smallest absolute Gasteiger partial charge is 0.497 e. The number of hydroxylamine groups is 2. The van der Waals surface area contributed by atoms with Gasteiger partial charge in [-0.3, -0.25) is 0 Å². The fourth-order valence-electron chi connectivity index (χ4n) is 1.85. The molecule has 0 saturated carbocycles. The van der Waals surface area contributed by atoms with E-state index in [-0.39, 0.29) is 11.9 Å². The third-order valence-electron chi connectivity index (χ3n) is 3.12. The number of rotatable bonds is 4. The van der Waals surface area contributed by atoms with Crippen LogP contribution in [0.2, 0.25) is 0 Å². The third kappa shape index (κ3) is 6.63. The fourth-order valence-corrected chi connectivity index (χ4v) is 1.85. The SMILES string of the molecule is COc1ccc(N=C(N)NOC(=O)ONC(N)=Nc2ccc(OC)cc2)cc1. The molecular weight excluding hydrogens is 368 g/mol. The van der Waals surface area contributed by atoms with Gasteiger partial charge in [-0.1, -0.05) is 0 Å². The highest BCUT2D eigenvalue weighted by Crippen LogP contribution is 2.18. The molecule has 0 saturated heterocycles. The largest absolute Gasteiger partial charge is 0.558 e. The normalized spacial score (nSPS) is 11.4. The minimum atomic E-state index is -1.15. The van der Waals surface area contributed by atoms with E-state index in [1.165, 1.54) is 0 Å². The summed E-state index contributed by atoms with van der Waals surface area (Å²) in [5, 5.41) is 0. The van der Waals surface area contributed by atoms with E-state index >= 15 is 0 Å². The summed E-state index contributed by atoms with van der Waals surface area (Å²) < 4.78 is 10.1. The number of carbonyl (C=O) groups is 1. The molecule has 2 aromatic rings. The van der Waals surface area contributed by atoms with E-state index in [0.717, 1.165) is 0 Å². The number of aliphatic imine (C=N–C) groups is 2. The molecule has 0 spiro atoms. The van der Waals surface area contributed by atoms with Gasteiger partial charge in [0.05, 0.1) is 25.6 Å². The number of ether oxygens (including phenoxy) is 2. The summed E-state index contributed by atoms with van der Waals surface area (Å²) in [6.07, 6.45) is -1.15. The van der Waals surface area contributed by atoms with Crippen LogP contribution in [0.5, 0.6) is 11.5 Å². The molecule has 0 heterocycles. The molecule has 28 heavy (non-hydrogen) atoms. The van der Waals surface area contributed by atoms with Crippen LogP contribution < -0.4 is 31.9 Å². The van der Waals surface area contributed by atoms with E-state index in [1.807, 2.05) is 0 Å². The third-order valence-corrected chi connectivity index (χ3v) is 3.12. The molecule has 2 aromatic carbocycles. The van der Waals surface area contributed by atoms with Gasteiger partial charge in [0.1, 0.15) is 11.5 Å². The predicted octanol–water partition coefficient (Wildman–Crippen LogP) is 1.46. The zero-order valence-electron chi connectivity index (χ0n) is 15.2. The highest BCUT2D eigenvalue weighted by molar-refractivity contribution is 5.82. The van der Waals surface area contributed by atoms with Gasteiger partial charge in [-0.2, -0.15) is 15.8 Å². The highest BCUT2D eigenvalue weighted by atomic mass is 16.9. The maximum atomic E-state index is 11.5. The number of nitrogens with two attached hydrogens (primary N) is 2. The van der Waals surface area contributed by atoms with Crippen LogP contribution in [0.15, 0.2) is 58.5 Å². The average Bonchev–Trinajstić information content (AvgIpc) is 2.72. The molecule has 0 aliphatic carbocycles. The molecule has 0 radical (unpaired) electrons. The molecule has 0 unspecified atom stereocenters. The van der Waals surface area contributed by atoms with Gasteiger partial charge in [0.15, 0.2) is 0 Å². The molecule has 0 aliphatic rings. The number of guanidine groups is 2. The quantitative estimate of drug-likeness (QED) is 0.346. The van der Waals surface area contributed by atoms with Crippen LogP contribution in [0.4, 0.5) is 16.2 Å². The maximum Gasteiger partial charge on any atom is 0.558 e. The number of hydrogen-bond acceptors (Lipinski definition) is 7. The second-order valence-electron chi connectivity index (χ2n) is 5.05. The lowest BCUT2D eigenvalue weighted by atomic mass is 10.3. The molecular formula is C17H20N6O5. The summed E-state index contributed by atoms with van der Waals surface area (Å²) in [6.45, 7) is 0. The monoisotopic (exact) mass is 388 g/mol. The van der Waals surface area contributed by atoms with Gasteiger partial charge in [-0.05, 0) is 48.5 Å². The van der Waals surface area contributed by atoms with Gasteiger partial charge in [-0.15, -0.1) is 0 Å². The first-order chi connectivity index (χ1) is 13.5. The summed E-state index contributed by atoms with van der Waals surface area (Å²) in [5.41, 5.74) is 16.5. The lowest BCUT2D eigenvalue weighted by Gasteiger charge is -2.07. The van der Waals surface area contributed by atoms with Crippen LogP contribution in [-0.2, 0) is 9.68 Å². The van der Waals surface area contributed by atoms with Crippen molar-refractivity contribution in [2.75, 3.05) is 14.2 Å². The van der Waals surface area contributed by atoms with Crippen molar-refractivity contribution in [1.29, 1.82) is 0 Å². The maximum absolute atomic E-state index is 11.5. The molecule has 148 valence electrons. The molecule has 0 aromatic heterocycles.